The molecule has 0 fully saturated rings. The maximum atomic E-state index is 11.9. The fraction of sp³-hybridized carbons (Fsp3) is 0.0714. The van der Waals surface area contributed by atoms with E-state index in [1.54, 1.807) is 55.7 Å². The van der Waals surface area contributed by atoms with Crippen molar-refractivity contribution in [2.45, 2.75) is 0 Å². The number of aromatic nitrogens is 1. The number of rotatable bonds is 3. The van der Waals surface area contributed by atoms with Crippen LogP contribution in [0.25, 0.3) is 0 Å². The second kappa shape index (κ2) is 5.77. The summed E-state index contributed by atoms with van der Waals surface area (Å²) in [5.74, 6) is 0.0433. The number of hydrogen-bond donors (Lipinski definition) is 2. The zero-order chi connectivity index (χ0) is 13.7. The van der Waals surface area contributed by atoms with Crippen LogP contribution in [0.5, 0.6) is 0 Å². The van der Waals surface area contributed by atoms with Crippen molar-refractivity contribution in [1.82, 2.24) is 10.3 Å². The Bertz CT molecular complexity index is 579. The van der Waals surface area contributed by atoms with Crippen molar-refractivity contribution < 1.29 is 9.59 Å². The Morgan fingerprint density at radius 3 is 2.11 bits per heavy atom. The summed E-state index contributed by atoms with van der Waals surface area (Å²) < 4.78 is 0. The first kappa shape index (κ1) is 12.8. The minimum atomic E-state index is -0.262. The van der Waals surface area contributed by atoms with Gasteiger partial charge in [0.25, 0.3) is 11.8 Å². The fourth-order valence-electron chi connectivity index (χ4n) is 1.54. The van der Waals surface area contributed by atoms with Crippen LogP contribution in [0.15, 0.2) is 48.7 Å². The third-order valence-corrected chi connectivity index (χ3v) is 2.54. The van der Waals surface area contributed by atoms with E-state index in [0.717, 1.165) is 0 Å². The zero-order valence-electron chi connectivity index (χ0n) is 10.4. The van der Waals surface area contributed by atoms with Crippen molar-refractivity contribution in [2.24, 2.45) is 0 Å². The van der Waals surface area contributed by atoms with Crippen molar-refractivity contribution in [1.29, 1.82) is 0 Å². The minimum Gasteiger partial charge on any atom is -0.355 e. The maximum Gasteiger partial charge on any atom is 0.256 e. The van der Waals surface area contributed by atoms with Crippen LogP contribution in [0, 0.1) is 0 Å². The number of carbonyl (C=O) groups is 2. The van der Waals surface area contributed by atoms with Crippen molar-refractivity contribution in [3.05, 3.63) is 59.8 Å². The van der Waals surface area contributed by atoms with Gasteiger partial charge in [-0.25, -0.2) is 4.98 Å². The van der Waals surface area contributed by atoms with Crippen molar-refractivity contribution in [3.63, 3.8) is 0 Å². The molecule has 96 valence electrons. The first-order valence-corrected chi connectivity index (χ1v) is 5.75. The molecule has 1 aromatic carbocycles. The summed E-state index contributed by atoms with van der Waals surface area (Å²) in [5.41, 5.74) is 0.982. The predicted octanol–water partition coefficient (Wildman–Crippen LogP) is 1.69. The van der Waals surface area contributed by atoms with Gasteiger partial charge in [0.1, 0.15) is 5.82 Å². The first-order chi connectivity index (χ1) is 9.20. The molecule has 0 saturated heterocycles. The van der Waals surface area contributed by atoms with Gasteiger partial charge in [0.2, 0.25) is 0 Å². The fourth-order valence-corrected chi connectivity index (χ4v) is 1.54. The van der Waals surface area contributed by atoms with Gasteiger partial charge in [-0.2, -0.15) is 0 Å². The van der Waals surface area contributed by atoms with Crippen LogP contribution in [0.3, 0.4) is 0 Å². The highest BCUT2D eigenvalue weighted by Gasteiger charge is 2.08. The molecule has 2 N–H and O–H groups in total. The van der Waals surface area contributed by atoms with E-state index in [2.05, 4.69) is 15.6 Å². The molecule has 0 bridgehead atoms. The van der Waals surface area contributed by atoms with Crippen LogP contribution in [-0.4, -0.2) is 23.8 Å². The Labute approximate surface area is 110 Å². The van der Waals surface area contributed by atoms with Crippen molar-refractivity contribution in [3.8, 4) is 0 Å². The third-order valence-electron chi connectivity index (χ3n) is 2.54. The number of pyridine rings is 1. The number of anilines is 1. The zero-order valence-corrected chi connectivity index (χ0v) is 10.4. The molecule has 0 unspecified atom stereocenters. The van der Waals surface area contributed by atoms with Crippen molar-refractivity contribution in [2.75, 3.05) is 12.4 Å². The number of carbonyl (C=O) groups excluding carboxylic acids is 2. The van der Waals surface area contributed by atoms with Gasteiger partial charge in [0, 0.05) is 24.4 Å². The molecule has 2 aromatic rings. The highest BCUT2D eigenvalue weighted by Crippen LogP contribution is 2.08. The molecule has 0 aliphatic carbocycles. The van der Waals surface area contributed by atoms with E-state index in [0.29, 0.717) is 16.9 Å². The molecule has 1 heterocycles. The number of hydrogen-bond acceptors (Lipinski definition) is 3. The smallest absolute Gasteiger partial charge is 0.256 e. The Morgan fingerprint density at radius 1 is 0.947 bits per heavy atom. The Kier molecular flexibility index (Phi) is 3.87. The van der Waals surface area contributed by atoms with Gasteiger partial charge >= 0.3 is 0 Å². The highest BCUT2D eigenvalue weighted by atomic mass is 16.2. The highest BCUT2D eigenvalue weighted by molar-refractivity contribution is 6.04. The summed E-state index contributed by atoms with van der Waals surface area (Å²) in [5, 5.41) is 5.19. The topological polar surface area (TPSA) is 71.1 Å². The molecule has 0 saturated carbocycles. The Balaban J connectivity index is 2.10. The molecule has 0 aliphatic heterocycles. The average Bonchev–Trinajstić information content (AvgIpc) is 2.47. The van der Waals surface area contributed by atoms with E-state index in [1.807, 2.05) is 0 Å². The summed E-state index contributed by atoms with van der Waals surface area (Å²) in [4.78, 5) is 27.3. The standard InChI is InChI=1S/C14H13N3O2/c1-15-13(18)10-5-7-11(8-6-10)14(19)17-12-4-2-3-9-16-12/h2-9H,1H3,(H,15,18)(H,16,17,19). The lowest BCUT2D eigenvalue weighted by atomic mass is 10.1. The number of nitrogens with one attached hydrogen (secondary N) is 2. The lowest BCUT2D eigenvalue weighted by Gasteiger charge is -2.05. The SMILES string of the molecule is CNC(=O)c1ccc(C(=O)Nc2ccccn2)cc1. The largest absolute Gasteiger partial charge is 0.355 e. The normalized spacial score (nSPS) is 9.74. The van der Waals surface area contributed by atoms with Crippen LogP contribution in [0.1, 0.15) is 20.7 Å². The Morgan fingerprint density at radius 2 is 1.58 bits per heavy atom. The van der Waals surface area contributed by atoms with E-state index >= 15 is 0 Å². The molecular weight excluding hydrogens is 242 g/mol. The van der Waals surface area contributed by atoms with E-state index < -0.39 is 0 Å². The van der Waals surface area contributed by atoms with Gasteiger partial charge in [-0.15, -0.1) is 0 Å². The first-order valence-electron chi connectivity index (χ1n) is 5.75. The van der Waals surface area contributed by atoms with E-state index in [1.165, 1.54) is 0 Å². The van der Waals surface area contributed by atoms with Gasteiger partial charge in [-0.3, -0.25) is 9.59 Å². The lowest BCUT2D eigenvalue weighted by molar-refractivity contribution is 0.0961. The summed E-state index contributed by atoms with van der Waals surface area (Å²) in [6.45, 7) is 0. The molecule has 2 rings (SSSR count). The van der Waals surface area contributed by atoms with Gasteiger partial charge < -0.3 is 10.6 Å². The maximum absolute atomic E-state index is 11.9. The van der Waals surface area contributed by atoms with Gasteiger partial charge in [-0.05, 0) is 36.4 Å². The predicted molar refractivity (Wildman–Crippen MR) is 72.0 cm³/mol. The van der Waals surface area contributed by atoms with Crippen LogP contribution < -0.4 is 10.6 Å². The Hall–Kier alpha value is -2.69. The number of amides is 2. The molecule has 5 nitrogen and oxygen atoms in total. The van der Waals surface area contributed by atoms with Crippen LogP contribution >= 0.6 is 0 Å². The third kappa shape index (κ3) is 3.16. The molecular formula is C14H13N3O2. The summed E-state index contributed by atoms with van der Waals surface area (Å²) in [7, 11) is 1.56. The lowest BCUT2D eigenvalue weighted by Crippen LogP contribution is -2.18. The van der Waals surface area contributed by atoms with Gasteiger partial charge in [0.05, 0.1) is 0 Å². The second-order valence-corrected chi connectivity index (χ2v) is 3.83. The van der Waals surface area contributed by atoms with Gasteiger partial charge in [0.15, 0.2) is 0 Å². The summed E-state index contributed by atoms with van der Waals surface area (Å²) in [6, 6.07) is 11.7. The molecule has 19 heavy (non-hydrogen) atoms. The molecule has 0 radical (unpaired) electrons. The number of nitrogens with zero attached hydrogens (tertiary/aromatic N) is 1. The summed E-state index contributed by atoms with van der Waals surface area (Å²) >= 11 is 0. The monoisotopic (exact) mass is 255 g/mol. The summed E-state index contributed by atoms with van der Waals surface area (Å²) in [6.07, 6.45) is 1.60. The second-order valence-electron chi connectivity index (χ2n) is 3.83. The molecule has 0 aliphatic rings. The molecule has 5 heteroatoms. The molecule has 1 aromatic heterocycles. The van der Waals surface area contributed by atoms with Crippen LogP contribution in [0.2, 0.25) is 0 Å². The molecule has 0 spiro atoms. The quantitative estimate of drug-likeness (QED) is 0.876. The molecule has 0 atom stereocenters. The van der Waals surface area contributed by atoms with Crippen LogP contribution in [0.4, 0.5) is 5.82 Å². The van der Waals surface area contributed by atoms with E-state index in [9.17, 15) is 9.59 Å². The van der Waals surface area contributed by atoms with E-state index in [4.69, 9.17) is 0 Å². The van der Waals surface area contributed by atoms with Gasteiger partial charge in [-0.1, -0.05) is 6.07 Å². The van der Waals surface area contributed by atoms with E-state index in [-0.39, 0.29) is 11.8 Å². The van der Waals surface area contributed by atoms with Crippen LogP contribution in [-0.2, 0) is 0 Å². The minimum absolute atomic E-state index is 0.184. The average molecular weight is 255 g/mol. The molecule has 2 amide bonds. The van der Waals surface area contributed by atoms with Crippen molar-refractivity contribution >= 4 is 17.6 Å². The number of benzene rings is 1.